The van der Waals surface area contributed by atoms with Crippen LogP contribution >= 0.6 is 0 Å². The predicted molar refractivity (Wildman–Crippen MR) is 54.4 cm³/mol. The van der Waals surface area contributed by atoms with E-state index in [1.165, 1.54) is 12.0 Å². The van der Waals surface area contributed by atoms with E-state index >= 15 is 0 Å². The van der Waals surface area contributed by atoms with Crippen molar-refractivity contribution in [3.05, 3.63) is 0 Å². The van der Waals surface area contributed by atoms with Gasteiger partial charge in [0.25, 0.3) is 0 Å². The first kappa shape index (κ1) is 13.2. The van der Waals surface area contributed by atoms with Crippen LogP contribution in [-0.2, 0) is 14.3 Å². The molecule has 4 nitrogen and oxygen atoms in total. The second kappa shape index (κ2) is 4.44. The van der Waals surface area contributed by atoms with E-state index in [1.807, 2.05) is 0 Å². The zero-order chi connectivity index (χ0) is 13.5. The molecular formula is C11H14F3NO3. The summed E-state index contributed by atoms with van der Waals surface area (Å²) in [5, 5.41) is 0. The van der Waals surface area contributed by atoms with Gasteiger partial charge < -0.3 is 9.64 Å². The van der Waals surface area contributed by atoms with Crippen LogP contribution in [0.1, 0.15) is 19.3 Å². The van der Waals surface area contributed by atoms with Gasteiger partial charge in [-0.2, -0.15) is 13.2 Å². The molecule has 0 aromatic rings. The summed E-state index contributed by atoms with van der Waals surface area (Å²) in [6.45, 7) is 0.0444. The fourth-order valence-electron chi connectivity index (χ4n) is 2.83. The topological polar surface area (TPSA) is 46.6 Å². The van der Waals surface area contributed by atoms with Crippen molar-refractivity contribution >= 4 is 11.9 Å². The third kappa shape index (κ3) is 2.18. The lowest BCUT2D eigenvalue weighted by molar-refractivity contribution is -0.183. The fourth-order valence-corrected chi connectivity index (χ4v) is 2.83. The highest BCUT2D eigenvalue weighted by molar-refractivity contribution is 5.81. The summed E-state index contributed by atoms with van der Waals surface area (Å²) in [5.74, 6) is -3.07. The SMILES string of the molecule is COC(=O)[C@@H]1CC[C@H]2[C@H](C(F)(F)F)CC(=O)N2C1. The molecule has 2 aliphatic heterocycles. The van der Waals surface area contributed by atoms with E-state index in [0.717, 1.165) is 0 Å². The molecule has 7 heteroatoms. The molecule has 2 fully saturated rings. The lowest BCUT2D eigenvalue weighted by Crippen LogP contribution is -2.47. The van der Waals surface area contributed by atoms with Crippen LogP contribution in [0.5, 0.6) is 0 Å². The van der Waals surface area contributed by atoms with Crippen LogP contribution in [0.25, 0.3) is 0 Å². The maximum absolute atomic E-state index is 12.8. The van der Waals surface area contributed by atoms with Crippen molar-refractivity contribution < 1.29 is 27.5 Å². The van der Waals surface area contributed by atoms with Crippen molar-refractivity contribution in [3.63, 3.8) is 0 Å². The van der Waals surface area contributed by atoms with E-state index in [2.05, 4.69) is 4.74 Å². The Kier molecular flexibility index (Phi) is 3.25. The summed E-state index contributed by atoms with van der Waals surface area (Å²) in [5.41, 5.74) is 0. The summed E-state index contributed by atoms with van der Waals surface area (Å²) in [6.07, 6.45) is -4.31. The number of methoxy groups -OCH3 is 1. The number of amides is 1. The van der Waals surface area contributed by atoms with Crippen LogP contribution in [0.3, 0.4) is 0 Å². The van der Waals surface area contributed by atoms with E-state index in [4.69, 9.17) is 0 Å². The van der Waals surface area contributed by atoms with Gasteiger partial charge in [-0.1, -0.05) is 0 Å². The van der Waals surface area contributed by atoms with Gasteiger partial charge in [-0.3, -0.25) is 9.59 Å². The van der Waals surface area contributed by atoms with Crippen molar-refractivity contribution in [3.8, 4) is 0 Å². The average Bonchev–Trinajstić information content (AvgIpc) is 2.65. The Bertz CT molecular complexity index is 369. The second-order valence-electron chi connectivity index (χ2n) is 4.76. The van der Waals surface area contributed by atoms with Crippen molar-refractivity contribution in [2.45, 2.75) is 31.5 Å². The molecule has 2 rings (SSSR count). The van der Waals surface area contributed by atoms with Crippen LogP contribution < -0.4 is 0 Å². The molecule has 0 radical (unpaired) electrons. The normalized spacial score (nSPS) is 32.3. The number of rotatable bonds is 1. The lowest BCUT2D eigenvalue weighted by Gasteiger charge is -2.36. The van der Waals surface area contributed by atoms with E-state index in [0.29, 0.717) is 6.42 Å². The highest BCUT2D eigenvalue weighted by Crippen LogP contribution is 2.43. The van der Waals surface area contributed by atoms with Crippen molar-refractivity contribution in [2.75, 3.05) is 13.7 Å². The van der Waals surface area contributed by atoms with Gasteiger partial charge in [-0.05, 0) is 12.8 Å². The summed E-state index contributed by atoms with van der Waals surface area (Å²) >= 11 is 0. The van der Waals surface area contributed by atoms with Crippen LogP contribution in [-0.4, -0.2) is 42.6 Å². The van der Waals surface area contributed by atoms with E-state index in [-0.39, 0.29) is 13.0 Å². The van der Waals surface area contributed by atoms with E-state index in [1.54, 1.807) is 0 Å². The Morgan fingerprint density at radius 1 is 1.39 bits per heavy atom. The Hall–Kier alpha value is -1.27. The monoisotopic (exact) mass is 265 g/mol. The molecule has 0 aliphatic carbocycles. The van der Waals surface area contributed by atoms with Crippen LogP contribution in [0, 0.1) is 11.8 Å². The molecule has 0 unspecified atom stereocenters. The number of carbonyl (C=O) groups excluding carboxylic acids is 2. The van der Waals surface area contributed by atoms with Gasteiger partial charge >= 0.3 is 12.1 Å². The number of hydrogen-bond donors (Lipinski definition) is 0. The van der Waals surface area contributed by atoms with Crippen LogP contribution in [0.2, 0.25) is 0 Å². The van der Waals surface area contributed by atoms with Crippen LogP contribution in [0.4, 0.5) is 13.2 Å². The Labute approximate surface area is 102 Å². The number of carbonyl (C=O) groups is 2. The van der Waals surface area contributed by atoms with E-state index < -0.39 is 42.4 Å². The number of hydrogen-bond acceptors (Lipinski definition) is 3. The number of ether oxygens (including phenoxy) is 1. The maximum atomic E-state index is 12.8. The van der Waals surface area contributed by atoms with E-state index in [9.17, 15) is 22.8 Å². The number of halogens is 3. The molecule has 2 aliphatic rings. The van der Waals surface area contributed by atoms with Gasteiger partial charge in [0.2, 0.25) is 5.91 Å². The summed E-state index contributed by atoms with van der Waals surface area (Å²) in [6, 6.07) is -0.807. The zero-order valence-electron chi connectivity index (χ0n) is 9.87. The third-order valence-electron chi connectivity index (χ3n) is 3.76. The summed E-state index contributed by atoms with van der Waals surface area (Å²) in [7, 11) is 1.23. The minimum Gasteiger partial charge on any atom is -0.469 e. The Morgan fingerprint density at radius 2 is 2.06 bits per heavy atom. The lowest BCUT2D eigenvalue weighted by atomic mass is 9.88. The van der Waals surface area contributed by atoms with Gasteiger partial charge in [0.15, 0.2) is 0 Å². The standard InChI is InChI=1S/C11H14F3NO3/c1-18-10(17)6-2-3-8-7(11(12,13)14)4-9(16)15(8)5-6/h6-8H,2-5H2,1H3/t6-,7-,8+/m1/s1. The number of nitrogens with zero attached hydrogens (tertiary/aromatic N) is 1. The Balaban J connectivity index is 2.11. The van der Waals surface area contributed by atoms with Crippen molar-refractivity contribution in [1.82, 2.24) is 4.90 Å². The minimum absolute atomic E-state index is 0.0444. The fraction of sp³-hybridized carbons (Fsp3) is 0.818. The van der Waals surface area contributed by atoms with Gasteiger partial charge in [0.1, 0.15) is 0 Å². The molecule has 102 valence electrons. The van der Waals surface area contributed by atoms with Gasteiger partial charge in [0.05, 0.1) is 18.9 Å². The quantitative estimate of drug-likeness (QED) is 0.672. The molecule has 0 saturated carbocycles. The van der Waals surface area contributed by atoms with Crippen molar-refractivity contribution in [2.24, 2.45) is 11.8 Å². The second-order valence-corrected chi connectivity index (χ2v) is 4.76. The molecular weight excluding hydrogens is 251 g/mol. The molecule has 0 aromatic heterocycles. The third-order valence-corrected chi connectivity index (χ3v) is 3.76. The average molecular weight is 265 g/mol. The first-order chi connectivity index (χ1) is 8.34. The maximum Gasteiger partial charge on any atom is 0.394 e. The molecule has 3 atom stereocenters. The smallest absolute Gasteiger partial charge is 0.394 e. The van der Waals surface area contributed by atoms with Crippen molar-refractivity contribution in [1.29, 1.82) is 0 Å². The molecule has 0 N–H and O–H groups in total. The largest absolute Gasteiger partial charge is 0.469 e. The number of alkyl halides is 3. The molecule has 0 bridgehead atoms. The van der Waals surface area contributed by atoms with Gasteiger partial charge in [-0.15, -0.1) is 0 Å². The molecule has 0 spiro atoms. The molecule has 0 aromatic carbocycles. The zero-order valence-corrected chi connectivity index (χ0v) is 9.87. The number of fused-ring (bicyclic) bond motifs is 1. The number of esters is 1. The highest BCUT2D eigenvalue weighted by atomic mass is 19.4. The molecule has 2 heterocycles. The molecule has 1 amide bonds. The number of piperidine rings is 1. The van der Waals surface area contributed by atoms with Gasteiger partial charge in [-0.25, -0.2) is 0 Å². The first-order valence-electron chi connectivity index (χ1n) is 5.78. The summed E-state index contributed by atoms with van der Waals surface area (Å²) in [4.78, 5) is 24.2. The van der Waals surface area contributed by atoms with Gasteiger partial charge in [0, 0.05) is 19.0 Å². The van der Waals surface area contributed by atoms with Crippen LogP contribution in [0.15, 0.2) is 0 Å². The predicted octanol–water partition coefficient (Wildman–Crippen LogP) is 1.35. The first-order valence-corrected chi connectivity index (χ1v) is 5.78. The summed E-state index contributed by atoms with van der Waals surface area (Å²) < 4.78 is 42.8. The Morgan fingerprint density at radius 3 is 2.61 bits per heavy atom. The molecule has 18 heavy (non-hydrogen) atoms. The minimum atomic E-state index is -4.35. The molecule has 2 saturated heterocycles. The highest BCUT2D eigenvalue weighted by Gasteiger charge is 2.55.